The van der Waals surface area contributed by atoms with Crippen LogP contribution in [0.4, 0.5) is 4.79 Å². The first kappa shape index (κ1) is 20.2. The van der Waals surface area contributed by atoms with Gasteiger partial charge in [-0.3, -0.25) is 14.5 Å². The fourth-order valence-corrected chi connectivity index (χ4v) is 4.19. The Morgan fingerprint density at radius 3 is 2.43 bits per heavy atom. The van der Waals surface area contributed by atoms with Crippen LogP contribution in [0.25, 0.3) is 0 Å². The van der Waals surface area contributed by atoms with Gasteiger partial charge in [0.2, 0.25) is 5.91 Å². The number of hydrogen-bond donors (Lipinski definition) is 1. The van der Waals surface area contributed by atoms with Crippen molar-refractivity contribution in [3.05, 3.63) is 35.4 Å². The van der Waals surface area contributed by atoms with Crippen molar-refractivity contribution < 1.29 is 24.2 Å². The molecule has 3 atom stereocenters. The molecule has 0 aliphatic carbocycles. The number of nitrogens with zero attached hydrogens (tertiary/aromatic N) is 2. The molecule has 2 aliphatic heterocycles. The minimum Gasteiger partial charge on any atom is -0.480 e. The van der Waals surface area contributed by atoms with Crippen LogP contribution in [0.3, 0.4) is 0 Å². The second-order valence-electron chi connectivity index (χ2n) is 8.88. The van der Waals surface area contributed by atoms with Gasteiger partial charge in [0.1, 0.15) is 11.0 Å². The van der Waals surface area contributed by atoms with Crippen LogP contribution in [0.15, 0.2) is 24.3 Å². The van der Waals surface area contributed by atoms with E-state index in [9.17, 15) is 19.5 Å². The molecule has 7 nitrogen and oxygen atoms in total. The number of amides is 2. The third-order valence-corrected chi connectivity index (χ3v) is 5.64. The molecule has 152 valence electrons. The van der Waals surface area contributed by atoms with Gasteiger partial charge in [-0.1, -0.05) is 24.3 Å². The zero-order chi connectivity index (χ0) is 20.9. The van der Waals surface area contributed by atoms with Crippen molar-refractivity contribution in [2.45, 2.75) is 58.7 Å². The van der Waals surface area contributed by atoms with E-state index in [1.165, 1.54) is 6.92 Å². The quantitative estimate of drug-likeness (QED) is 0.787. The van der Waals surface area contributed by atoms with Gasteiger partial charge in [-0.05, 0) is 52.2 Å². The van der Waals surface area contributed by atoms with E-state index in [0.717, 1.165) is 11.1 Å². The average molecular weight is 388 g/mol. The molecule has 0 bridgehead atoms. The molecule has 1 aromatic rings. The molecule has 0 saturated carbocycles. The monoisotopic (exact) mass is 388 g/mol. The summed E-state index contributed by atoms with van der Waals surface area (Å²) in [4.78, 5) is 41.0. The number of ether oxygens (including phenoxy) is 1. The second-order valence-corrected chi connectivity index (χ2v) is 8.88. The molecule has 1 N–H and O–H groups in total. The van der Waals surface area contributed by atoms with Gasteiger partial charge >= 0.3 is 12.1 Å². The van der Waals surface area contributed by atoms with Gasteiger partial charge in [0.05, 0.1) is 12.1 Å². The van der Waals surface area contributed by atoms with Crippen LogP contribution in [0.2, 0.25) is 0 Å². The lowest BCUT2D eigenvalue weighted by atomic mass is 9.83. The van der Waals surface area contributed by atoms with E-state index >= 15 is 0 Å². The number of aliphatic carboxylic acids is 1. The lowest BCUT2D eigenvalue weighted by molar-refractivity contribution is -0.155. The lowest BCUT2D eigenvalue weighted by Gasteiger charge is -2.45. The molecular weight excluding hydrogens is 360 g/mol. The van der Waals surface area contributed by atoms with Crippen molar-refractivity contribution in [3.8, 4) is 0 Å². The fraction of sp³-hybridized carbons (Fsp3) is 0.571. The maximum atomic E-state index is 13.0. The molecule has 0 aromatic heterocycles. The van der Waals surface area contributed by atoms with Crippen LogP contribution in [0.1, 0.15) is 51.3 Å². The van der Waals surface area contributed by atoms with E-state index < -0.39 is 35.2 Å². The normalized spacial score (nSPS) is 27.5. The topological polar surface area (TPSA) is 87.2 Å². The highest BCUT2D eigenvalue weighted by Crippen LogP contribution is 2.46. The van der Waals surface area contributed by atoms with E-state index in [-0.39, 0.29) is 12.3 Å². The Morgan fingerprint density at radius 1 is 1.21 bits per heavy atom. The molecular formula is C21H28N2O5. The minimum absolute atomic E-state index is 0.152. The van der Waals surface area contributed by atoms with E-state index in [1.807, 2.05) is 52.0 Å². The summed E-state index contributed by atoms with van der Waals surface area (Å²) in [5.74, 6) is -1.51. The number of carbonyl (C=O) groups excluding carboxylic acids is 2. The first-order valence-corrected chi connectivity index (χ1v) is 9.55. The molecule has 0 radical (unpaired) electrons. The second kappa shape index (κ2) is 6.79. The van der Waals surface area contributed by atoms with Crippen LogP contribution < -0.4 is 0 Å². The standard InChI is InChI=1S/C21H28N2O5/c1-13-8-6-7-9-14(13)16-15-12-21(5,18(25)26)17(24)22(15)10-11-23(16)19(27)28-20(2,3)4/h6-9,15-16H,10-12H2,1-5H3,(H,25,26). The van der Waals surface area contributed by atoms with Gasteiger partial charge in [0, 0.05) is 13.1 Å². The highest BCUT2D eigenvalue weighted by molar-refractivity contribution is 6.03. The highest BCUT2D eigenvalue weighted by Gasteiger charge is 2.58. The number of aryl methyl sites for hydroxylation is 1. The van der Waals surface area contributed by atoms with Gasteiger partial charge in [0.15, 0.2) is 0 Å². The highest BCUT2D eigenvalue weighted by atomic mass is 16.6. The third kappa shape index (κ3) is 3.34. The molecule has 2 heterocycles. The van der Waals surface area contributed by atoms with Gasteiger partial charge < -0.3 is 14.7 Å². The first-order valence-electron chi connectivity index (χ1n) is 9.55. The zero-order valence-electron chi connectivity index (χ0n) is 17.1. The molecule has 2 saturated heterocycles. The largest absolute Gasteiger partial charge is 0.480 e. The van der Waals surface area contributed by atoms with Crippen molar-refractivity contribution in [2.24, 2.45) is 5.41 Å². The molecule has 2 fully saturated rings. The molecule has 3 rings (SSSR count). The van der Waals surface area contributed by atoms with Gasteiger partial charge in [0.25, 0.3) is 0 Å². The Hall–Kier alpha value is -2.57. The van der Waals surface area contributed by atoms with E-state index in [1.54, 1.807) is 9.80 Å². The number of carboxylic acids is 1. The number of rotatable bonds is 2. The Morgan fingerprint density at radius 2 is 1.86 bits per heavy atom. The Labute approximate surface area is 165 Å². The maximum Gasteiger partial charge on any atom is 0.410 e. The number of carbonyl (C=O) groups is 3. The van der Waals surface area contributed by atoms with Crippen molar-refractivity contribution in [3.63, 3.8) is 0 Å². The fourth-order valence-electron chi connectivity index (χ4n) is 4.19. The summed E-state index contributed by atoms with van der Waals surface area (Å²) in [7, 11) is 0. The predicted octanol–water partition coefficient (Wildman–Crippen LogP) is 2.98. The van der Waals surface area contributed by atoms with E-state index in [2.05, 4.69) is 0 Å². The molecule has 0 spiro atoms. The molecule has 7 heteroatoms. The zero-order valence-corrected chi connectivity index (χ0v) is 17.1. The summed E-state index contributed by atoms with van der Waals surface area (Å²) in [5, 5.41) is 9.68. The average Bonchev–Trinajstić information content (AvgIpc) is 2.86. The number of fused-ring (bicyclic) bond motifs is 1. The van der Waals surface area contributed by atoms with E-state index in [4.69, 9.17) is 4.74 Å². The summed E-state index contributed by atoms with van der Waals surface area (Å²) >= 11 is 0. The molecule has 3 unspecified atom stereocenters. The van der Waals surface area contributed by atoms with Crippen molar-refractivity contribution in [1.82, 2.24) is 9.80 Å². The van der Waals surface area contributed by atoms with Crippen LogP contribution in [-0.2, 0) is 14.3 Å². The molecule has 2 amide bonds. The Balaban J connectivity index is 2.05. The minimum atomic E-state index is -1.48. The predicted molar refractivity (Wildman–Crippen MR) is 103 cm³/mol. The first-order chi connectivity index (χ1) is 13.0. The number of hydrogen-bond acceptors (Lipinski definition) is 4. The van der Waals surface area contributed by atoms with Crippen LogP contribution in [0, 0.1) is 12.3 Å². The maximum absolute atomic E-state index is 13.0. The van der Waals surface area contributed by atoms with Crippen molar-refractivity contribution >= 4 is 18.0 Å². The number of piperazine rings is 1. The summed E-state index contributed by atoms with van der Waals surface area (Å²) in [6.07, 6.45) is -0.295. The lowest BCUT2D eigenvalue weighted by Crippen LogP contribution is -2.56. The summed E-state index contributed by atoms with van der Waals surface area (Å²) in [6.45, 7) is 9.46. The van der Waals surface area contributed by atoms with E-state index in [0.29, 0.717) is 13.1 Å². The van der Waals surface area contributed by atoms with Gasteiger partial charge in [-0.25, -0.2) is 4.79 Å². The molecule has 28 heavy (non-hydrogen) atoms. The molecule has 1 aromatic carbocycles. The molecule has 2 aliphatic rings. The van der Waals surface area contributed by atoms with Crippen LogP contribution >= 0.6 is 0 Å². The summed E-state index contributed by atoms with van der Waals surface area (Å²) < 4.78 is 5.61. The third-order valence-electron chi connectivity index (χ3n) is 5.64. The Bertz CT molecular complexity index is 815. The van der Waals surface area contributed by atoms with Gasteiger partial charge in [-0.15, -0.1) is 0 Å². The smallest absolute Gasteiger partial charge is 0.410 e. The number of benzene rings is 1. The Kier molecular flexibility index (Phi) is 4.89. The van der Waals surface area contributed by atoms with Crippen molar-refractivity contribution in [2.75, 3.05) is 13.1 Å². The van der Waals surface area contributed by atoms with Crippen LogP contribution in [-0.4, -0.2) is 57.6 Å². The summed E-state index contributed by atoms with van der Waals surface area (Å²) in [6, 6.07) is 6.84. The summed E-state index contributed by atoms with van der Waals surface area (Å²) in [5.41, 5.74) is -0.231. The van der Waals surface area contributed by atoms with Crippen molar-refractivity contribution in [1.29, 1.82) is 0 Å². The number of carboxylic acid groups (broad SMARTS) is 1. The van der Waals surface area contributed by atoms with Crippen LogP contribution in [0.5, 0.6) is 0 Å². The van der Waals surface area contributed by atoms with Gasteiger partial charge in [-0.2, -0.15) is 0 Å². The SMILES string of the molecule is Cc1ccccc1C1C2CC(C)(C(=O)O)C(=O)N2CCN1C(=O)OC(C)(C)C.